The topological polar surface area (TPSA) is 317 Å². The lowest BCUT2D eigenvalue weighted by Crippen LogP contribution is -2.46. The molecule has 266 valence electrons. The van der Waals surface area contributed by atoms with Crippen LogP contribution in [0.2, 0.25) is 0 Å². The molecule has 50 heavy (non-hydrogen) atoms. The molecule has 1 amide bonds. The van der Waals surface area contributed by atoms with Crippen LogP contribution in [0, 0.1) is 11.8 Å². The second-order valence-corrected chi connectivity index (χ2v) is 13.8. The molecule has 2 saturated heterocycles. The first-order valence-electron chi connectivity index (χ1n) is 15.3. The number of sulfonamides is 1. The third kappa shape index (κ3) is 6.27. The number of amides is 1. The molecule has 3 aliphatic heterocycles. The van der Waals surface area contributed by atoms with Crippen molar-refractivity contribution in [1.82, 2.24) is 54.0 Å². The minimum atomic E-state index is -3.96. The Bertz CT molecular complexity index is 2100. The lowest BCUT2D eigenvalue weighted by molar-refractivity contribution is -0.122. The van der Waals surface area contributed by atoms with Crippen molar-refractivity contribution in [2.75, 3.05) is 49.9 Å². The highest BCUT2D eigenvalue weighted by Crippen LogP contribution is 2.34. The quantitative estimate of drug-likeness (QED) is 0.0919. The van der Waals surface area contributed by atoms with E-state index in [0.29, 0.717) is 0 Å². The lowest BCUT2D eigenvalue weighted by Gasteiger charge is -2.24. The Balaban J connectivity index is 1.20. The number of nitrogens with zero attached hydrogens (tertiary/aromatic N) is 9. The van der Waals surface area contributed by atoms with Crippen LogP contribution in [0.15, 0.2) is 19.0 Å². The maximum Gasteiger partial charge on any atom is 0.234 e. The largest absolute Gasteiger partial charge is 0.387 e. The van der Waals surface area contributed by atoms with Gasteiger partial charge in [0.05, 0.1) is 25.2 Å². The van der Waals surface area contributed by atoms with Gasteiger partial charge in [0.15, 0.2) is 46.7 Å². The van der Waals surface area contributed by atoms with Crippen LogP contribution in [0.4, 0.5) is 11.6 Å². The Morgan fingerprint density at radius 1 is 0.920 bits per heavy atom. The van der Waals surface area contributed by atoms with Crippen molar-refractivity contribution in [3.63, 3.8) is 0 Å². The fourth-order valence-electron chi connectivity index (χ4n) is 6.07. The summed E-state index contributed by atoms with van der Waals surface area (Å²) in [6.07, 6.45) is -6.74. The molecule has 0 spiro atoms. The molecule has 10 N–H and O–H groups in total. The zero-order valence-electron chi connectivity index (χ0n) is 26.0. The molecule has 7 rings (SSSR count). The van der Waals surface area contributed by atoms with Gasteiger partial charge in [-0.2, -0.15) is 0 Å². The van der Waals surface area contributed by atoms with Gasteiger partial charge in [-0.1, -0.05) is 5.92 Å². The predicted molar refractivity (Wildman–Crippen MR) is 169 cm³/mol. The highest BCUT2D eigenvalue weighted by atomic mass is 32.2. The van der Waals surface area contributed by atoms with Crippen LogP contribution < -0.4 is 21.5 Å². The molecule has 2 fully saturated rings. The third-order valence-electron chi connectivity index (χ3n) is 8.60. The number of hydrogen-bond acceptors (Lipinski definition) is 18. The average Bonchev–Trinajstić information content (AvgIpc) is 3.81. The first kappa shape index (κ1) is 33.8. The minimum absolute atomic E-state index is 0.00915. The van der Waals surface area contributed by atoms with Gasteiger partial charge in [0.2, 0.25) is 15.9 Å². The van der Waals surface area contributed by atoms with Crippen molar-refractivity contribution in [2.24, 2.45) is 0 Å². The highest BCUT2D eigenvalue weighted by molar-refractivity contribution is 7.89. The molecule has 22 nitrogen and oxygen atoms in total. The number of carbonyl (C=O) groups is 1. The molecular weight excluding hydrogens is 682 g/mol. The number of aromatic nitrogens is 8. The summed E-state index contributed by atoms with van der Waals surface area (Å²) in [6, 6.07) is 0. The maximum absolute atomic E-state index is 13.0. The SMILES string of the molecule is Nc1ncnc2c1ncn2[C@@H]1O[C@H](CN2CC#Cc3nc4c(N)ncnc4n3[C@@H]3O[C@H](CNS(=O)(=O)CCNC(=O)C2)[C@@H](O)[C@H]3O)[C@@H](O)[C@H]1O. The van der Waals surface area contributed by atoms with E-state index in [9.17, 15) is 33.6 Å². The summed E-state index contributed by atoms with van der Waals surface area (Å²) in [5.74, 6) is 4.89. The number of carbonyl (C=O) groups excluding carboxylic acids is 1. The smallest absolute Gasteiger partial charge is 0.234 e. The second kappa shape index (κ2) is 13.2. The van der Waals surface area contributed by atoms with Crippen molar-refractivity contribution in [3.8, 4) is 11.8 Å². The van der Waals surface area contributed by atoms with Crippen LogP contribution in [-0.2, 0) is 24.3 Å². The van der Waals surface area contributed by atoms with E-state index in [1.165, 1.54) is 33.0 Å². The molecular formula is C27H33N13O9S. The normalized spacial score (nSPS) is 30.8. The van der Waals surface area contributed by atoms with E-state index in [0.717, 1.165) is 0 Å². The molecule has 3 aliphatic rings. The standard InChI is InChI=1S/C27H33N13O9S/c28-22-16-24(33-9-31-22)39(11-35-16)26-20(44)19(43)13(49-26)7-38-4-1-2-14-37-17-23(29)32-10-34-25(17)40(14)27-21(45)18(42)12(48-27)6-36-50(46,47)5-3-30-15(41)8-38/h9-13,18-21,26-27,36,42-45H,3-8H2,(H,30,41)(H2,28,31,33)(H2,29,32,34)/t12-,13-,18-,19-,20-,21-,26-,27-/m1/s1. The van der Waals surface area contributed by atoms with Crippen LogP contribution in [0.3, 0.4) is 0 Å². The number of nitrogen functional groups attached to an aromatic ring is 2. The molecule has 2 bridgehead atoms. The molecule has 8 atom stereocenters. The number of ether oxygens (including phenoxy) is 2. The average molecular weight is 716 g/mol. The minimum Gasteiger partial charge on any atom is -0.387 e. The van der Waals surface area contributed by atoms with Gasteiger partial charge in [0, 0.05) is 19.6 Å². The number of nitrogens with two attached hydrogens (primary N) is 2. The number of aliphatic hydroxyl groups excluding tert-OH is 4. The van der Waals surface area contributed by atoms with E-state index >= 15 is 0 Å². The van der Waals surface area contributed by atoms with Gasteiger partial charge >= 0.3 is 0 Å². The maximum atomic E-state index is 13.0. The van der Waals surface area contributed by atoms with Crippen LogP contribution in [-0.4, -0.2) is 154 Å². The van der Waals surface area contributed by atoms with E-state index in [2.05, 4.69) is 51.8 Å². The summed E-state index contributed by atoms with van der Waals surface area (Å²) in [6.45, 7) is -1.18. The third-order valence-corrected chi connectivity index (χ3v) is 9.95. The van der Waals surface area contributed by atoms with Gasteiger partial charge in [0.25, 0.3) is 0 Å². The van der Waals surface area contributed by atoms with Gasteiger partial charge in [-0.15, -0.1) is 0 Å². The zero-order chi connectivity index (χ0) is 35.3. The Hall–Kier alpha value is -4.64. The van der Waals surface area contributed by atoms with Crippen molar-refractivity contribution < 1.29 is 43.1 Å². The number of fused-ring (bicyclic) bond motifs is 7. The number of anilines is 2. The molecule has 0 aliphatic carbocycles. The van der Waals surface area contributed by atoms with Crippen molar-refractivity contribution in [1.29, 1.82) is 0 Å². The fourth-order valence-corrected chi connectivity index (χ4v) is 7.00. The lowest BCUT2D eigenvalue weighted by atomic mass is 10.1. The highest BCUT2D eigenvalue weighted by Gasteiger charge is 2.46. The van der Waals surface area contributed by atoms with Crippen molar-refractivity contribution in [3.05, 3.63) is 24.8 Å². The van der Waals surface area contributed by atoms with Crippen LogP contribution in [0.1, 0.15) is 18.3 Å². The number of hydrogen-bond donors (Lipinski definition) is 8. The van der Waals surface area contributed by atoms with Crippen LogP contribution >= 0.6 is 0 Å². The summed E-state index contributed by atoms with van der Waals surface area (Å²) in [5, 5.41) is 46.3. The summed E-state index contributed by atoms with van der Waals surface area (Å²) < 4.78 is 42.5. The number of rotatable bonds is 3. The van der Waals surface area contributed by atoms with Crippen LogP contribution in [0.5, 0.6) is 0 Å². The van der Waals surface area contributed by atoms with Gasteiger partial charge in [-0.05, 0) is 5.92 Å². The van der Waals surface area contributed by atoms with E-state index in [-0.39, 0.29) is 72.5 Å². The Labute approximate surface area is 282 Å². The van der Waals surface area contributed by atoms with Crippen LogP contribution in [0.25, 0.3) is 22.3 Å². The molecule has 0 saturated carbocycles. The van der Waals surface area contributed by atoms with Gasteiger partial charge in [-0.3, -0.25) is 18.8 Å². The second-order valence-electron chi connectivity index (χ2n) is 11.9. The summed E-state index contributed by atoms with van der Waals surface area (Å²) in [5.41, 5.74) is 12.8. The van der Waals surface area contributed by atoms with Crippen molar-refractivity contribution >= 4 is 49.9 Å². The molecule has 0 unspecified atom stereocenters. The Kier molecular flexibility index (Phi) is 8.96. The monoisotopic (exact) mass is 715 g/mol. The molecule has 0 aromatic carbocycles. The Morgan fingerprint density at radius 3 is 2.42 bits per heavy atom. The number of nitrogens with one attached hydrogen (secondary N) is 2. The summed E-state index contributed by atoms with van der Waals surface area (Å²) >= 11 is 0. The number of imidazole rings is 2. The van der Waals surface area contributed by atoms with E-state index < -0.39 is 70.8 Å². The van der Waals surface area contributed by atoms with Gasteiger partial charge in [-0.25, -0.2) is 43.0 Å². The van der Waals surface area contributed by atoms with E-state index in [1.807, 2.05) is 0 Å². The first-order valence-corrected chi connectivity index (χ1v) is 17.0. The number of aliphatic hydroxyl groups is 4. The summed E-state index contributed by atoms with van der Waals surface area (Å²) in [7, 11) is -3.96. The van der Waals surface area contributed by atoms with Crippen molar-refractivity contribution in [2.45, 2.75) is 49.1 Å². The van der Waals surface area contributed by atoms with Gasteiger partial charge in [0.1, 0.15) is 54.8 Å². The zero-order valence-corrected chi connectivity index (χ0v) is 26.8. The Morgan fingerprint density at radius 2 is 1.64 bits per heavy atom. The van der Waals surface area contributed by atoms with Gasteiger partial charge < -0.3 is 46.7 Å². The first-order chi connectivity index (χ1) is 23.9. The summed E-state index contributed by atoms with van der Waals surface area (Å²) in [4.78, 5) is 39.4. The van der Waals surface area contributed by atoms with E-state index in [4.69, 9.17) is 20.9 Å². The molecule has 4 aromatic rings. The molecule has 23 heteroatoms. The fraction of sp³-hybridized carbons (Fsp3) is 0.519. The molecule has 0 radical (unpaired) electrons. The predicted octanol–water partition coefficient (Wildman–Crippen LogP) is -5.23. The van der Waals surface area contributed by atoms with E-state index in [1.54, 1.807) is 0 Å². The molecule has 4 aromatic heterocycles. The molecule has 7 heterocycles.